The first kappa shape index (κ1) is 16.2. The molecule has 0 aliphatic carbocycles. The van der Waals surface area contributed by atoms with E-state index in [1.807, 2.05) is 0 Å². The third-order valence-electron chi connectivity index (χ3n) is 3.27. The predicted octanol–water partition coefficient (Wildman–Crippen LogP) is 2.00. The molecule has 3 aromatic heterocycles. The molecular weight excluding hydrogens is 329 g/mol. The summed E-state index contributed by atoms with van der Waals surface area (Å²) in [6.07, 6.45) is -2.98. The van der Waals surface area contributed by atoms with Crippen LogP contribution in [0.5, 0.6) is 0 Å². The molecule has 0 fully saturated rings. The fourth-order valence-corrected chi connectivity index (χ4v) is 2.12. The molecule has 128 valence electrons. The Bertz CT molecular complexity index is 835. The van der Waals surface area contributed by atoms with Crippen molar-refractivity contribution in [2.75, 3.05) is 13.7 Å². The van der Waals surface area contributed by atoms with Crippen molar-refractivity contribution in [3.8, 4) is 23.1 Å². The van der Waals surface area contributed by atoms with E-state index in [0.29, 0.717) is 18.8 Å². The van der Waals surface area contributed by atoms with Gasteiger partial charge in [-0.15, -0.1) is 0 Å². The van der Waals surface area contributed by atoms with Crippen LogP contribution in [0.4, 0.5) is 13.2 Å². The summed E-state index contributed by atoms with van der Waals surface area (Å²) >= 11 is 0. The summed E-state index contributed by atoms with van der Waals surface area (Å²) in [7, 11) is 2.94. The Balaban J connectivity index is 1.92. The molecule has 11 heteroatoms. The van der Waals surface area contributed by atoms with E-state index in [2.05, 4.69) is 20.3 Å². The topological polar surface area (TPSA) is 83.8 Å². The summed E-state index contributed by atoms with van der Waals surface area (Å²) < 4.78 is 51.0. The summed E-state index contributed by atoms with van der Waals surface area (Å²) in [6.45, 7) is 0.910. The third kappa shape index (κ3) is 3.02. The number of ether oxygens (including phenoxy) is 1. The molecule has 0 aliphatic heterocycles. The molecule has 0 unspecified atom stereocenters. The Morgan fingerprint density at radius 3 is 2.75 bits per heavy atom. The molecular formula is C13H13F3N6O2. The normalized spacial score (nSPS) is 12.0. The van der Waals surface area contributed by atoms with Gasteiger partial charge in [0.05, 0.1) is 13.2 Å². The van der Waals surface area contributed by atoms with Gasteiger partial charge < -0.3 is 9.26 Å². The smallest absolute Gasteiger partial charge is 0.383 e. The number of aromatic nitrogens is 6. The SMILES string of the molecule is COCCn1nccc1-c1nc(-c2cc(C(F)(F)F)nn2C)no1. The van der Waals surface area contributed by atoms with Gasteiger partial charge in [-0.25, -0.2) is 0 Å². The van der Waals surface area contributed by atoms with Crippen molar-refractivity contribution in [1.82, 2.24) is 29.7 Å². The number of rotatable bonds is 5. The molecule has 3 rings (SSSR count). The fraction of sp³-hybridized carbons (Fsp3) is 0.385. The van der Waals surface area contributed by atoms with Crippen LogP contribution in [-0.4, -0.2) is 43.4 Å². The average Bonchev–Trinajstić information content (AvgIpc) is 3.22. The van der Waals surface area contributed by atoms with Crippen LogP contribution in [0.15, 0.2) is 22.9 Å². The maximum atomic E-state index is 12.7. The number of nitrogens with zero attached hydrogens (tertiary/aromatic N) is 6. The van der Waals surface area contributed by atoms with Crippen LogP contribution in [0.1, 0.15) is 5.69 Å². The Morgan fingerprint density at radius 2 is 2.08 bits per heavy atom. The minimum absolute atomic E-state index is 0.00925. The van der Waals surface area contributed by atoms with E-state index in [9.17, 15) is 13.2 Å². The number of methoxy groups -OCH3 is 1. The average molecular weight is 342 g/mol. The second-order valence-electron chi connectivity index (χ2n) is 4.89. The zero-order chi connectivity index (χ0) is 17.3. The summed E-state index contributed by atoms with van der Waals surface area (Å²) in [5.41, 5.74) is -0.374. The summed E-state index contributed by atoms with van der Waals surface area (Å²) in [4.78, 5) is 4.14. The van der Waals surface area contributed by atoms with Crippen molar-refractivity contribution >= 4 is 0 Å². The molecule has 0 atom stereocenters. The highest BCUT2D eigenvalue weighted by molar-refractivity contribution is 5.55. The molecule has 0 aromatic carbocycles. The van der Waals surface area contributed by atoms with Crippen LogP contribution in [0.25, 0.3) is 23.1 Å². The quantitative estimate of drug-likeness (QED) is 0.705. The highest BCUT2D eigenvalue weighted by atomic mass is 19.4. The first-order valence-corrected chi connectivity index (χ1v) is 6.86. The van der Waals surface area contributed by atoms with Gasteiger partial charge in [0.25, 0.3) is 5.89 Å². The molecule has 0 bridgehead atoms. The lowest BCUT2D eigenvalue weighted by Crippen LogP contribution is -2.07. The van der Waals surface area contributed by atoms with Gasteiger partial charge in [-0.2, -0.15) is 28.4 Å². The summed E-state index contributed by atoms with van der Waals surface area (Å²) in [5.74, 6) is 0.156. The van der Waals surface area contributed by atoms with Gasteiger partial charge in [-0.1, -0.05) is 5.16 Å². The van der Waals surface area contributed by atoms with Crippen LogP contribution in [-0.2, 0) is 24.5 Å². The van der Waals surface area contributed by atoms with E-state index >= 15 is 0 Å². The molecule has 3 aromatic rings. The Morgan fingerprint density at radius 1 is 1.29 bits per heavy atom. The highest BCUT2D eigenvalue weighted by Gasteiger charge is 2.35. The summed E-state index contributed by atoms with van der Waals surface area (Å²) in [6, 6.07) is 2.54. The number of hydrogen-bond acceptors (Lipinski definition) is 6. The van der Waals surface area contributed by atoms with Gasteiger partial charge in [-0.3, -0.25) is 9.36 Å². The summed E-state index contributed by atoms with van der Waals surface area (Å²) in [5, 5.41) is 11.3. The maximum Gasteiger partial charge on any atom is 0.435 e. The van der Waals surface area contributed by atoms with Crippen LogP contribution in [0.3, 0.4) is 0 Å². The molecule has 0 spiro atoms. The van der Waals surface area contributed by atoms with E-state index in [1.54, 1.807) is 24.1 Å². The fourth-order valence-electron chi connectivity index (χ4n) is 2.12. The predicted molar refractivity (Wildman–Crippen MR) is 74.6 cm³/mol. The van der Waals surface area contributed by atoms with E-state index in [4.69, 9.17) is 9.26 Å². The molecule has 0 amide bonds. The maximum absolute atomic E-state index is 12.7. The Hall–Kier alpha value is -2.69. The zero-order valence-corrected chi connectivity index (χ0v) is 12.8. The number of halogens is 3. The van der Waals surface area contributed by atoms with Gasteiger partial charge in [0.15, 0.2) is 5.69 Å². The van der Waals surface area contributed by atoms with Crippen molar-refractivity contribution in [2.45, 2.75) is 12.7 Å². The molecule has 0 saturated carbocycles. The van der Waals surface area contributed by atoms with Crippen LogP contribution in [0.2, 0.25) is 0 Å². The van der Waals surface area contributed by atoms with Gasteiger partial charge >= 0.3 is 6.18 Å². The number of alkyl halides is 3. The minimum Gasteiger partial charge on any atom is -0.383 e. The molecule has 0 aliphatic rings. The van der Waals surface area contributed by atoms with Gasteiger partial charge in [-0.05, 0) is 12.1 Å². The van der Waals surface area contributed by atoms with Crippen molar-refractivity contribution in [2.24, 2.45) is 7.05 Å². The standard InChI is InChI=1S/C13H13F3N6O2/c1-21-9(7-10(19-21)13(14,15)16)11-18-12(24-20-11)8-3-4-17-22(8)5-6-23-2/h3-4,7H,5-6H2,1-2H3. The van der Waals surface area contributed by atoms with Crippen LogP contribution < -0.4 is 0 Å². The lowest BCUT2D eigenvalue weighted by atomic mass is 10.3. The third-order valence-corrected chi connectivity index (χ3v) is 3.27. The van der Waals surface area contributed by atoms with E-state index in [0.717, 1.165) is 10.7 Å². The monoisotopic (exact) mass is 342 g/mol. The van der Waals surface area contributed by atoms with Gasteiger partial charge in [0.1, 0.15) is 11.4 Å². The number of aryl methyl sites for hydroxylation is 1. The first-order valence-electron chi connectivity index (χ1n) is 6.86. The van der Waals surface area contributed by atoms with Crippen molar-refractivity contribution in [3.05, 3.63) is 24.0 Å². The molecule has 24 heavy (non-hydrogen) atoms. The van der Waals surface area contributed by atoms with E-state index in [-0.39, 0.29) is 17.4 Å². The zero-order valence-electron chi connectivity index (χ0n) is 12.8. The first-order chi connectivity index (χ1) is 11.4. The minimum atomic E-state index is -4.54. The lowest BCUT2D eigenvalue weighted by Gasteiger charge is -2.02. The molecule has 0 N–H and O–H groups in total. The van der Waals surface area contributed by atoms with Crippen LogP contribution >= 0.6 is 0 Å². The molecule has 8 nitrogen and oxygen atoms in total. The number of hydrogen-bond donors (Lipinski definition) is 0. The molecule has 0 saturated heterocycles. The second kappa shape index (κ2) is 6.07. The molecule has 3 heterocycles. The van der Waals surface area contributed by atoms with E-state index in [1.165, 1.54) is 7.05 Å². The van der Waals surface area contributed by atoms with Crippen molar-refractivity contribution in [1.29, 1.82) is 0 Å². The van der Waals surface area contributed by atoms with Crippen LogP contribution in [0, 0.1) is 0 Å². The second-order valence-corrected chi connectivity index (χ2v) is 4.89. The largest absolute Gasteiger partial charge is 0.435 e. The van der Waals surface area contributed by atoms with Crippen molar-refractivity contribution in [3.63, 3.8) is 0 Å². The van der Waals surface area contributed by atoms with Crippen molar-refractivity contribution < 1.29 is 22.4 Å². The Kier molecular flexibility index (Phi) is 4.09. The van der Waals surface area contributed by atoms with E-state index < -0.39 is 11.9 Å². The molecule has 0 radical (unpaired) electrons. The Labute approximate surface area is 133 Å². The lowest BCUT2D eigenvalue weighted by molar-refractivity contribution is -0.141. The van der Waals surface area contributed by atoms with Gasteiger partial charge in [0.2, 0.25) is 5.82 Å². The highest BCUT2D eigenvalue weighted by Crippen LogP contribution is 2.31. The van der Waals surface area contributed by atoms with Gasteiger partial charge in [0, 0.05) is 20.4 Å².